The fourth-order valence-electron chi connectivity index (χ4n) is 2.36. The molecule has 0 fully saturated rings. The van der Waals surface area contributed by atoms with Crippen molar-refractivity contribution in [3.63, 3.8) is 0 Å². The highest BCUT2D eigenvalue weighted by atomic mass is 16.5. The zero-order chi connectivity index (χ0) is 17.8. The van der Waals surface area contributed by atoms with E-state index in [1.54, 1.807) is 54.6 Å². The molecule has 0 saturated heterocycles. The summed E-state index contributed by atoms with van der Waals surface area (Å²) in [6.45, 7) is 0. The van der Waals surface area contributed by atoms with E-state index in [9.17, 15) is 19.8 Å². The summed E-state index contributed by atoms with van der Waals surface area (Å²) in [5.41, 5.74) is 0.0391. The molecule has 3 aromatic rings. The van der Waals surface area contributed by atoms with Crippen LogP contribution < -0.4 is 9.84 Å². The molecule has 5 nitrogen and oxygen atoms in total. The van der Waals surface area contributed by atoms with Crippen LogP contribution in [0, 0.1) is 0 Å². The Morgan fingerprint density at radius 1 is 0.920 bits per heavy atom. The maximum atomic E-state index is 12.2. The van der Waals surface area contributed by atoms with Crippen LogP contribution in [0.15, 0.2) is 72.3 Å². The van der Waals surface area contributed by atoms with E-state index in [1.165, 1.54) is 18.2 Å². The quantitative estimate of drug-likeness (QED) is 0.261. The molecule has 5 heteroatoms. The molecular formula is C20H13O5-. The van der Waals surface area contributed by atoms with E-state index in [1.807, 2.05) is 0 Å². The van der Waals surface area contributed by atoms with E-state index in [2.05, 4.69) is 0 Å². The Morgan fingerprint density at radius 3 is 2.32 bits per heavy atom. The summed E-state index contributed by atoms with van der Waals surface area (Å²) in [4.78, 5) is 23.6. The van der Waals surface area contributed by atoms with Crippen LogP contribution in [0.25, 0.3) is 16.8 Å². The van der Waals surface area contributed by atoms with Crippen molar-refractivity contribution in [2.24, 2.45) is 0 Å². The van der Waals surface area contributed by atoms with Gasteiger partial charge in [0.25, 0.3) is 0 Å². The van der Waals surface area contributed by atoms with Crippen molar-refractivity contribution in [2.45, 2.75) is 0 Å². The van der Waals surface area contributed by atoms with Crippen molar-refractivity contribution >= 4 is 28.8 Å². The largest absolute Gasteiger partial charge is 0.872 e. The summed E-state index contributed by atoms with van der Waals surface area (Å²) < 4.78 is 5.08. The smallest absolute Gasteiger partial charge is 0.350 e. The number of carboxylic acid groups (broad SMARTS) is 1. The number of rotatable bonds is 4. The van der Waals surface area contributed by atoms with Crippen molar-refractivity contribution in [3.05, 3.63) is 77.9 Å². The molecule has 0 saturated carbocycles. The van der Waals surface area contributed by atoms with Gasteiger partial charge in [-0.15, -0.1) is 5.75 Å². The van der Waals surface area contributed by atoms with Gasteiger partial charge in [-0.25, -0.2) is 9.59 Å². The second kappa shape index (κ2) is 6.88. The van der Waals surface area contributed by atoms with Crippen molar-refractivity contribution in [2.75, 3.05) is 0 Å². The standard InChI is InChI=1S/C20H14O5/c21-16-9-8-14-10-13(6-7-15(14)12-16)11-18(19(22)23)20(24)25-17-4-2-1-3-5-17/h1-12,21H,(H,22,23)/p-1/b18-11-. The van der Waals surface area contributed by atoms with Crippen LogP contribution in [0.5, 0.6) is 11.5 Å². The molecule has 25 heavy (non-hydrogen) atoms. The van der Waals surface area contributed by atoms with E-state index in [-0.39, 0.29) is 11.5 Å². The van der Waals surface area contributed by atoms with Crippen LogP contribution in [0.1, 0.15) is 5.56 Å². The first-order valence-corrected chi connectivity index (χ1v) is 7.46. The zero-order valence-corrected chi connectivity index (χ0v) is 13.0. The van der Waals surface area contributed by atoms with Crippen LogP contribution in [0.3, 0.4) is 0 Å². The van der Waals surface area contributed by atoms with Crippen LogP contribution in [0.4, 0.5) is 0 Å². The zero-order valence-electron chi connectivity index (χ0n) is 13.0. The highest BCUT2D eigenvalue weighted by Gasteiger charge is 2.19. The summed E-state index contributed by atoms with van der Waals surface area (Å²) >= 11 is 0. The topological polar surface area (TPSA) is 86.7 Å². The van der Waals surface area contributed by atoms with Crippen LogP contribution in [0.2, 0.25) is 0 Å². The maximum absolute atomic E-state index is 12.2. The number of esters is 1. The highest BCUT2D eigenvalue weighted by molar-refractivity contribution is 6.17. The number of hydrogen-bond acceptors (Lipinski definition) is 4. The molecular weight excluding hydrogens is 320 g/mol. The Hall–Kier alpha value is -3.60. The number of benzene rings is 3. The molecule has 1 N–H and O–H groups in total. The predicted molar refractivity (Wildman–Crippen MR) is 91.1 cm³/mol. The first-order chi connectivity index (χ1) is 12.0. The first-order valence-electron chi connectivity index (χ1n) is 7.46. The number of carboxylic acids is 1. The molecule has 0 aliphatic carbocycles. The second-order valence-corrected chi connectivity index (χ2v) is 5.33. The minimum Gasteiger partial charge on any atom is -0.872 e. The van der Waals surface area contributed by atoms with E-state index in [0.717, 1.165) is 10.8 Å². The summed E-state index contributed by atoms with van der Waals surface area (Å²) in [6.07, 6.45) is 1.25. The van der Waals surface area contributed by atoms with Gasteiger partial charge in [-0.3, -0.25) is 0 Å². The SMILES string of the molecule is O=C(O)/C(=C/c1ccc2cc([O-])ccc2c1)C(=O)Oc1ccccc1. The monoisotopic (exact) mass is 333 g/mol. The molecule has 0 bridgehead atoms. The average molecular weight is 333 g/mol. The lowest BCUT2D eigenvalue weighted by Crippen LogP contribution is -2.17. The predicted octanol–water partition coefficient (Wildman–Crippen LogP) is 2.99. The lowest BCUT2D eigenvalue weighted by Gasteiger charge is -2.08. The Labute approximate surface area is 143 Å². The molecule has 0 aromatic heterocycles. The third-order valence-electron chi connectivity index (χ3n) is 3.55. The fourth-order valence-corrected chi connectivity index (χ4v) is 2.36. The lowest BCUT2D eigenvalue weighted by molar-refractivity contribution is -0.268. The van der Waals surface area contributed by atoms with Gasteiger partial charge in [0, 0.05) is 0 Å². The van der Waals surface area contributed by atoms with E-state index in [4.69, 9.17) is 4.74 Å². The van der Waals surface area contributed by atoms with Crippen molar-refractivity contribution in [1.82, 2.24) is 0 Å². The van der Waals surface area contributed by atoms with E-state index >= 15 is 0 Å². The molecule has 0 amide bonds. The molecule has 124 valence electrons. The summed E-state index contributed by atoms with van der Waals surface area (Å²) in [7, 11) is 0. The van der Waals surface area contributed by atoms with Crippen LogP contribution in [-0.4, -0.2) is 17.0 Å². The molecule has 0 aliphatic rings. The van der Waals surface area contributed by atoms with Crippen molar-refractivity contribution in [1.29, 1.82) is 0 Å². The molecule has 0 unspecified atom stereocenters. The molecule has 0 heterocycles. The molecule has 3 aromatic carbocycles. The lowest BCUT2D eigenvalue weighted by atomic mass is 10.0. The number of ether oxygens (including phenoxy) is 1. The van der Waals surface area contributed by atoms with Crippen molar-refractivity contribution < 1.29 is 24.5 Å². The third-order valence-corrected chi connectivity index (χ3v) is 3.55. The van der Waals surface area contributed by atoms with Crippen molar-refractivity contribution in [3.8, 4) is 11.5 Å². The summed E-state index contributed by atoms with van der Waals surface area (Å²) in [5, 5.41) is 22.2. The van der Waals surface area contributed by atoms with Gasteiger partial charge in [0.1, 0.15) is 11.3 Å². The van der Waals surface area contributed by atoms with Gasteiger partial charge in [0.05, 0.1) is 0 Å². The molecule has 3 rings (SSSR count). The first kappa shape index (κ1) is 16.3. The number of carbonyl (C=O) groups excluding carboxylic acids is 1. The normalized spacial score (nSPS) is 11.3. The minimum absolute atomic E-state index is 0.103. The molecule has 0 aliphatic heterocycles. The number of fused-ring (bicyclic) bond motifs is 1. The van der Waals surface area contributed by atoms with E-state index < -0.39 is 17.5 Å². The number of aliphatic carboxylic acids is 1. The van der Waals surface area contributed by atoms with Crippen LogP contribution in [-0.2, 0) is 9.59 Å². The minimum atomic E-state index is -1.38. The summed E-state index contributed by atoms with van der Waals surface area (Å²) in [5.74, 6) is -2.17. The number of para-hydroxylation sites is 1. The molecule has 0 atom stereocenters. The van der Waals surface area contributed by atoms with Crippen LogP contribution >= 0.6 is 0 Å². The number of carbonyl (C=O) groups is 2. The Morgan fingerprint density at radius 2 is 1.60 bits per heavy atom. The molecule has 0 radical (unpaired) electrons. The maximum Gasteiger partial charge on any atom is 0.350 e. The Kier molecular flexibility index (Phi) is 4.48. The second-order valence-electron chi connectivity index (χ2n) is 5.33. The Balaban J connectivity index is 1.93. The number of hydrogen-bond donors (Lipinski definition) is 1. The highest BCUT2D eigenvalue weighted by Crippen LogP contribution is 2.21. The molecule has 0 spiro atoms. The fraction of sp³-hybridized carbons (Fsp3) is 0. The third kappa shape index (κ3) is 3.84. The van der Waals surface area contributed by atoms with Gasteiger partial charge in [0.2, 0.25) is 0 Å². The van der Waals surface area contributed by atoms with Gasteiger partial charge in [-0.05, 0) is 40.6 Å². The van der Waals surface area contributed by atoms with Gasteiger partial charge in [0.15, 0.2) is 0 Å². The van der Waals surface area contributed by atoms with E-state index in [0.29, 0.717) is 5.56 Å². The van der Waals surface area contributed by atoms with Gasteiger partial charge < -0.3 is 14.9 Å². The Bertz CT molecular complexity index is 974. The average Bonchev–Trinajstić information content (AvgIpc) is 2.60. The van der Waals surface area contributed by atoms with Gasteiger partial charge >= 0.3 is 11.9 Å². The van der Waals surface area contributed by atoms with Gasteiger partial charge in [-0.1, -0.05) is 48.5 Å². The summed E-state index contributed by atoms with van der Waals surface area (Å²) in [6, 6.07) is 17.9. The van der Waals surface area contributed by atoms with Gasteiger partial charge in [-0.2, -0.15) is 0 Å².